The third-order valence-electron chi connectivity index (χ3n) is 10.3. The summed E-state index contributed by atoms with van der Waals surface area (Å²) in [5.41, 5.74) is 2.43. The summed E-state index contributed by atoms with van der Waals surface area (Å²) in [5.74, 6) is 0.353. The zero-order valence-corrected chi connectivity index (χ0v) is 32.7. The summed E-state index contributed by atoms with van der Waals surface area (Å²) in [6, 6.07) is 17.7. The number of fused-ring (bicyclic) bond motifs is 2. The topological polar surface area (TPSA) is 149 Å². The molecule has 2 aliphatic heterocycles. The van der Waals surface area contributed by atoms with Gasteiger partial charge < -0.3 is 29.2 Å². The first-order valence-corrected chi connectivity index (χ1v) is 19.3. The molecule has 2 amide bonds. The zero-order valence-electron chi connectivity index (χ0n) is 31.9. The number of rotatable bonds is 10. The Bertz CT molecular complexity index is 2640. The molecule has 1 N–H and O–H groups in total. The van der Waals surface area contributed by atoms with Gasteiger partial charge in [-0.2, -0.15) is 22.7 Å². The summed E-state index contributed by atoms with van der Waals surface area (Å²) in [5, 5.41) is 6.99. The van der Waals surface area contributed by atoms with Crippen LogP contribution in [-0.4, -0.2) is 78.6 Å². The summed E-state index contributed by atoms with van der Waals surface area (Å²) in [7, 11) is 0. The molecule has 0 aliphatic carbocycles. The second-order valence-electron chi connectivity index (χ2n) is 14.0. The number of alkyl halides is 3. The molecule has 3 aromatic carbocycles. The minimum Gasteiger partial charge on any atom is -0.493 e. The molecule has 0 unspecified atom stereocenters. The molecule has 8 rings (SSSR count). The van der Waals surface area contributed by atoms with Gasteiger partial charge in [0.05, 0.1) is 34.3 Å². The highest BCUT2D eigenvalue weighted by atomic mass is 35.5. The molecule has 14 nitrogen and oxygen atoms in total. The predicted molar refractivity (Wildman–Crippen MR) is 212 cm³/mol. The molecule has 1 saturated heterocycles. The molecule has 3 aromatic heterocycles. The number of nitrogens with zero attached hydrogens (tertiary/aromatic N) is 8. The van der Waals surface area contributed by atoms with E-state index in [2.05, 4.69) is 20.4 Å². The van der Waals surface area contributed by atoms with E-state index in [9.17, 15) is 27.6 Å². The third kappa shape index (κ3) is 7.77. The van der Waals surface area contributed by atoms with Crippen molar-refractivity contribution in [2.45, 2.75) is 46.0 Å². The van der Waals surface area contributed by atoms with Crippen molar-refractivity contribution in [2.75, 3.05) is 43.0 Å². The van der Waals surface area contributed by atoms with Crippen molar-refractivity contribution in [1.29, 1.82) is 0 Å². The highest BCUT2D eigenvalue weighted by molar-refractivity contribution is 6.33. The molecule has 0 spiro atoms. The van der Waals surface area contributed by atoms with E-state index >= 15 is 0 Å². The van der Waals surface area contributed by atoms with Crippen LogP contribution in [0.15, 0.2) is 77.9 Å². The fourth-order valence-corrected chi connectivity index (χ4v) is 7.63. The van der Waals surface area contributed by atoms with Gasteiger partial charge in [0.1, 0.15) is 30.9 Å². The van der Waals surface area contributed by atoms with Crippen molar-refractivity contribution in [2.24, 2.45) is 0 Å². The van der Waals surface area contributed by atoms with Crippen molar-refractivity contribution in [3.63, 3.8) is 0 Å². The van der Waals surface area contributed by atoms with Crippen LogP contribution < -0.4 is 25.2 Å². The molecule has 2 aliphatic rings. The van der Waals surface area contributed by atoms with E-state index in [1.54, 1.807) is 16.4 Å². The summed E-state index contributed by atoms with van der Waals surface area (Å²) in [6.45, 7) is 4.86. The molecule has 0 bridgehead atoms. The maximum Gasteiger partial charge on any atom is 0.416 e. The Balaban J connectivity index is 1.11. The Morgan fingerprint density at radius 1 is 1.00 bits per heavy atom. The SMILES string of the molecule is CCc1c(N2CCN(C(=O)c3ncnc(C)c3OCc3ccccc3)CC2)c(=O)n2nc(-c3cccc4c3CCO4)nc2n1CC(=O)Nc1ccc(C(F)(F)F)cc1Cl. The van der Waals surface area contributed by atoms with Gasteiger partial charge in [0.15, 0.2) is 17.3 Å². The number of carbonyl (C=O) groups is 2. The Hall–Kier alpha value is -6.49. The lowest BCUT2D eigenvalue weighted by atomic mass is 10.1. The van der Waals surface area contributed by atoms with Gasteiger partial charge in [-0.15, -0.1) is 5.10 Å². The molecular weight excluding hydrogens is 791 g/mol. The molecule has 0 atom stereocenters. The summed E-state index contributed by atoms with van der Waals surface area (Å²) in [6.07, 6.45) is -2.40. The molecule has 18 heteroatoms. The van der Waals surface area contributed by atoms with Gasteiger partial charge in [-0.3, -0.25) is 14.4 Å². The number of nitrogens with one attached hydrogen (secondary N) is 1. The molecule has 1 fully saturated rings. The van der Waals surface area contributed by atoms with Gasteiger partial charge in [-0.1, -0.05) is 61.0 Å². The van der Waals surface area contributed by atoms with Crippen LogP contribution in [0.2, 0.25) is 5.02 Å². The van der Waals surface area contributed by atoms with Gasteiger partial charge in [-0.05, 0) is 43.2 Å². The van der Waals surface area contributed by atoms with E-state index in [-0.39, 0.29) is 85.4 Å². The number of hydrogen-bond donors (Lipinski definition) is 1. The second-order valence-corrected chi connectivity index (χ2v) is 14.4. The molecule has 0 saturated carbocycles. The number of aromatic nitrogens is 6. The lowest BCUT2D eigenvalue weighted by Gasteiger charge is -2.36. The Morgan fingerprint density at radius 2 is 1.78 bits per heavy atom. The number of carbonyl (C=O) groups excluding carboxylic acids is 2. The largest absolute Gasteiger partial charge is 0.493 e. The van der Waals surface area contributed by atoms with Gasteiger partial charge in [-0.25, -0.2) is 9.97 Å². The van der Waals surface area contributed by atoms with Gasteiger partial charge in [0, 0.05) is 43.7 Å². The zero-order chi connectivity index (χ0) is 41.4. The molecular formula is C41H37ClF3N9O5. The normalized spacial score (nSPS) is 14.0. The minimum absolute atomic E-state index is 0.0182. The highest BCUT2D eigenvalue weighted by Gasteiger charge is 2.33. The number of ether oxygens (including phenoxy) is 2. The number of hydrogen-bond acceptors (Lipinski definition) is 10. The van der Waals surface area contributed by atoms with Crippen molar-refractivity contribution in [3.05, 3.63) is 122 Å². The fourth-order valence-electron chi connectivity index (χ4n) is 7.40. The molecule has 0 radical (unpaired) electrons. The number of anilines is 2. The van der Waals surface area contributed by atoms with E-state index in [0.29, 0.717) is 41.5 Å². The Morgan fingerprint density at radius 3 is 2.51 bits per heavy atom. The highest BCUT2D eigenvalue weighted by Crippen LogP contribution is 2.35. The first-order valence-electron chi connectivity index (χ1n) is 18.9. The number of benzene rings is 3. The first-order chi connectivity index (χ1) is 28.4. The smallest absolute Gasteiger partial charge is 0.416 e. The summed E-state index contributed by atoms with van der Waals surface area (Å²) >= 11 is 6.18. The van der Waals surface area contributed by atoms with Crippen LogP contribution >= 0.6 is 11.6 Å². The van der Waals surface area contributed by atoms with Crippen LogP contribution in [0.5, 0.6) is 11.5 Å². The molecule has 304 valence electrons. The van der Waals surface area contributed by atoms with Crippen molar-refractivity contribution in [1.82, 2.24) is 34.0 Å². The van der Waals surface area contributed by atoms with Crippen LogP contribution in [-0.2, 0) is 37.0 Å². The van der Waals surface area contributed by atoms with E-state index in [0.717, 1.165) is 33.8 Å². The summed E-state index contributed by atoms with van der Waals surface area (Å²) in [4.78, 5) is 59.0. The number of amides is 2. The average Bonchev–Trinajstić information content (AvgIpc) is 3.90. The monoisotopic (exact) mass is 827 g/mol. The van der Waals surface area contributed by atoms with Crippen molar-refractivity contribution < 1.29 is 32.2 Å². The van der Waals surface area contributed by atoms with Crippen LogP contribution in [0.3, 0.4) is 0 Å². The van der Waals surface area contributed by atoms with Gasteiger partial charge in [0.25, 0.3) is 11.5 Å². The Kier molecular flexibility index (Phi) is 10.7. The fraction of sp³-hybridized carbons (Fsp3) is 0.293. The Labute approximate surface area is 340 Å². The van der Waals surface area contributed by atoms with Crippen LogP contribution in [0.25, 0.3) is 17.2 Å². The predicted octanol–water partition coefficient (Wildman–Crippen LogP) is 6.01. The second kappa shape index (κ2) is 16.0. The minimum atomic E-state index is -4.62. The number of halogens is 4. The van der Waals surface area contributed by atoms with Crippen molar-refractivity contribution in [3.8, 4) is 22.9 Å². The van der Waals surface area contributed by atoms with Gasteiger partial charge in [0.2, 0.25) is 11.7 Å². The lowest BCUT2D eigenvalue weighted by molar-refractivity contribution is -0.137. The standard InChI is InChI=1S/C41H37ClF3N9O5/c1-3-31-35(51-15-17-52(18-16-51)38(56)34-36(24(2)46-23-47-34)59-22-25-8-5-4-6-9-25)39(57)54-40(49-37(50-54)28-10-7-11-32-27(28)14-19-58-32)53(31)21-33(55)48-30-13-12-26(20-29(30)42)41(43,44)45/h4-13,20,23H,3,14-19,21-22H2,1-2H3,(H,48,55). The van der Waals surface area contributed by atoms with E-state index < -0.39 is 23.2 Å². The van der Waals surface area contributed by atoms with E-state index in [1.807, 2.05) is 60.4 Å². The van der Waals surface area contributed by atoms with Gasteiger partial charge >= 0.3 is 6.18 Å². The van der Waals surface area contributed by atoms with Crippen LogP contribution in [0.4, 0.5) is 24.5 Å². The van der Waals surface area contributed by atoms with E-state index in [1.165, 1.54) is 6.33 Å². The number of aryl methyl sites for hydroxylation is 1. The molecule has 5 heterocycles. The van der Waals surface area contributed by atoms with E-state index in [4.69, 9.17) is 26.1 Å². The third-order valence-corrected chi connectivity index (χ3v) is 10.6. The molecule has 59 heavy (non-hydrogen) atoms. The molecule has 6 aromatic rings. The van der Waals surface area contributed by atoms with Crippen LogP contribution in [0, 0.1) is 6.92 Å². The maximum atomic E-state index is 14.5. The van der Waals surface area contributed by atoms with Crippen molar-refractivity contribution >= 4 is 40.6 Å². The maximum absolute atomic E-state index is 14.5. The quantitative estimate of drug-likeness (QED) is 0.174. The van der Waals surface area contributed by atoms with Crippen LogP contribution in [0.1, 0.15) is 45.5 Å². The first kappa shape index (κ1) is 39.3. The average molecular weight is 828 g/mol. The summed E-state index contributed by atoms with van der Waals surface area (Å²) < 4.78 is 54.5. The number of piperazine rings is 1. The lowest BCUT2D eigenvalue weighted by Crippen LogP contribution is -2.51.